The highest BCUT2D eigenvalue weighted by molar-refractivity contribution is 6.33. The molecule has 0 bridgehead atoms. The molecule has 0 unspecified atom stereocenters. The molecule has 3 aromatic rings. The third-order valence-electron chi connectivity index (χ3n) is 4.25. The van der Waals surface area contributed by atoms with E-state index in [1.165, 1.54) is 0 Å². The van der Waals surface area contributed by atoms with Gasteiger partial charge in [-0.2, -0.15) is 5.10 Å². The maximum atomic E-state index is 6.42. The third kappa shape index (κ3) is 4.54. The van der Waals surface area contributed by atoms with Gasteiger partial charge in [0.1, 0.15) is 0 Å². The van der Waals surface area contributed by atoms with E-state index in [9.17, 15) is 0 Å². The van der Waals surface area contributed by atoms with Crippen molar-refractivity contribution in [1.82, 2.24) is 24.6 Å². The van der Waals surface area contributed by atoms with Crippen molar-refractivity contribution in [3.8, 4) is 11.3 Å². The van der Waals surface area contributed by atoms with Crippen LogP contribution in [-0.2, 0) is 18.6 Å². The summed E-state index contributed by atoms with van der Waals surface area (Å²) in [5.74, 6) is 0. The molecule has 2 heterocycles. The molecule has 138 valence electrons. The Morgan fingerprint density at radius 2 is 2.00 bits per heavy atom. The summed E-state index contributed by atoms with van der Waals surface area (Å²) in [5.41, 5.74) is 3.02. The van der Waals surface area contributed by atoms with Gasteiger partial charge in [-0.1, -0.05) is 29.8 Å². The highest BCUT2D eigenvalue weighted by Gasteiger charge is 2.19. The first-order valence-electron chi connectivity index (χ1n) is 8.95. The van der Waals surface area contributed by atoms with Crippen molar-refractivity contribution in [2.24, 2.45) is 0 Å². The molecule has 0 aliphatic carbocycles. The summed E-state index contributed by atoms with van der Waals surface area (Å²) in [6.45, 7) is 9.11. The van der Waals surface area contributed by atoms with Gasteiger partial charge < -0.3 is 9.88 Å². The topological polar surface area (TPSA) is 47.7 Å². The standard InChI is InChI=1S/C20H26ClN5/c1-20(2,3)26-14-16(13-22-9-6-11-25-12-10-23-15-25)19(24-26)17-7-4-5-8-18(17)21/h4-5,7-8,10,12,14-15,22H,6,9,11,13H2,1-3H3. The molecular formula is C20H26ClN5. The van der Waals surface area contributed by atoms with Crippen molar-refractivity contribution < 1.29 is 0 Å². The lowest BCUT2D eigenvalue weighted by Crippen LogP contribution is -2.22. The number of nitrogens with zero attached hydrogens (tertiary/aromatic N) is 4. The fourth-order valence-corrected chi connectivity index (χ4v) is 3.02. The van der Waals surface area contributed by atoms with E-state index in [0.29, 0.717) is 0 Å². The van der Waals surface area contributed by atoms with E-state index < -0.39 is 0 Å². The van der Waals surface area contributed by atoms with Crippen LogP contribution in [0.4, 0.5) is 0 Å². The molecule has 0 fully saturated rings. The van der Waals surface area contributed by atoms with Gasteiger partial charge in [-0.05, 0) is 39.8 Å². The maximum Gasteiger partial charge on any atom is 0.0983 e. The van der Waals surface area contributed by atoms with Crippen LogP contribution in [0.5, 0.6) is 0 Å². The molecule has 5 nitrogen and oxygen atoms in total. The van der Waals surface area contributed by atoms with Gasteiger partial charge in [0.25, 0.3) is 0 Å². The monoisotopic (exact) mass is 371 g/mol. The van der Waals surface area contributed by atoms with Crippen molar-refractivity contribution in [2.75, 3.05) is 6.54 Å². The van der Waals surface area contributed by atoms with Crippen LogP contribution < -0.4 is 5.32 Å². The highest BCUT2D eigenvalue weighted by atomic mass is 35.5. The van der Waals surface area contributed by atoms with Crippen LogP contribution in [0.2, 0.25) is 5.02 Å². The van der Waals surface area contributed by atoms with Crippen molar-refractivity contribution in [3.63, 3.8) is 0 Å². The molecule has 6 heteroatoms. The third-order valence-corrected chi connectivity index (χ3v) is 4.58. The van der Waals surface area contributed by atoms with Crippen LogP contribution in [0.15, 0.2) is 49.2 Å². The number of nitrogens with one attached hydrogen (secondary N) is 1. The second-order valence-electron chi connectivity index (χ2n) is 7.43. The molecule has 0 aliphatic rings. The van der Waals surface area contributed by atoms with E-state index >= 15 is 0 Å². The summed E-state index contributed by atoms with van der Waals surface area (Å²) in [4.78, 5) is 4.07. The lowest BCUT2D eigenvalue weighted by Gasteiger charge is -2.18. The fourth-order valence-electron chi connectivity index (χ4n) is 2.79. The first kappa shape index (κ1) is 18.7. The number of hydrogen-bond donors (Lipinski definition) is 1. The number of aromatic nitrogens is 4. The average molecular weight is 372 g/mol. The average Bonchev–Trinajstić information content (AvgIpc) is 3.24. The zero-order valence-corrected chi connectivity index (χ0v) is 16.4. The number of benzene rings is 1. The van der Waals surface area contributed by atoms with Gasteiger partial charge in [0.15, 0.2) is 0 Å². The van der Waals surface area contributed by atoms with Crippen LogP contribution in [0.25, 0.3) is 11.3 Å². The maximum absolute atomic E-state index is 6.42. The molecule has 1 aromatic carbocycles. The van der Waals surface area contributed by atoms with Crippen molar-refractivity contribution in [3.05, 3.63) is 59.8 Å². The SMILES string of the molecule is CC(C)(C)n1cc(CNCCCn2ccnc2)c(-c2ccccc2Cl)n1. The van der Waals surface area contributed by atoms with Gasteiger partial charge in [0.2, 0.25) is 0 Å². The molecule has 0 amide bonds. The molecule has 26 heavy (non-hydrogen) atoms. The van der Waals surface area contributed by atoms with Crippen LogP contribution >= 0.6 is 11.6 Å². The second kappa shape index (κ2) is 8.06. The molecule has 0 saturated heterocycles. The molecule has 0 aliphatic heterocycles. The minimum Gasteiger partial charge on any atom is -0.337 e. The summed E-state index contributed by atoms with van der Waals surface area (Å²) in [5, 5.41) is 9.09. The summed E-state index contributed by atoms with van der Waals surface area (Å²) in [7, 11) is 0. The van der Waals surface area contributed by atoms with E-state index in [-0.39, 0.29) is 5.54 Å². The van der Waals surface area contributed by atoms with Gasteiger partial charge in [-0.3, -0.25) is 4.68 Å². The minimum atomic E-state index is -0.0737. The van der Waals surface area contributed by atoms with Crippen molar-refractivity contribution in [1.29, 1.82) is 0 Å². The Balaban J connectivity index is 1.70. The minimum absolute atomic E-state index is 0.0737. The second-order valence-corrected chi connectivity index (χ2v) is 7.84. The van der Waals surface area contributed by atoms with E-state index in [1.807, 2.05) is 47.7 Å². The van der Waals surface area contributed by atoms with Crippen LogP contribution in [0, 0.1) is 0 Å². The van der Waals surface area contributed by atoms with E-state index in [2.05, 4.69) is 41.8 Å². The van der Waals surface area contributed by atoms with Gasteiger partial charge >= 0.3 is 0 Å². The normalized spacial score (nSPS) is 11.8. The first-order chi connectivity index (χ1) is 12.4. The Kier molecular flexibility index (Phi) is 5.79. The summed E-state index contributed by atoms with van der Waals surface area (Å²) in [6.07, 6.45) is 8.82. The number of aryl methyl sites for hydroxylation is 1. The zero-order valence-electron chi connectivity index (χ0n) is 15.6. The van der Waals surface area contributed by atoms with Gasteiger partial charge in [-0.15, -0.1) is 0 Å². The lowest BCUT2D eigenvalue weighted by atomic mass is 10.1. The fraction of sp³-hybridized carbons (Fsp3) is 0.400. The van der Waals surface area contributed by atoms with Crippen molar-refractivity contribution in [2.45, 2.75) is 45.8 Å². The number of halogens is 1. The van der Waals surface area contributed by atoms with E-state index in [4.69, 9.17) is 16.7 Å². The van der Waals surface area contributed by atoms with E-state index in [1.54, 1.807) is 0 Å². The number of hydrogen-bond acceptors (Lipinski definition) is 3. The molecular weight excluding hydrogens is 346 g/mol. The van der Waals surface area contributed by atoms with Crippen LogP contribution in [0.1, 0.15) is 32.8 Å². The molecule has 0 saturated carbocycles. The van der Waals surface area contributed by atoms with Crippen LogP contribution in [0.3, 0.4) is 0 Å². The predicted molar refractivity (Wildman–Crippen MR) is 106 cm³/mol. The molecule has 3 rings (SSSR count). The Bertz CT molecular complexity index is 830. The summed E-state index contributed by atoms with van der Waals surface area (Å²) < 4.78 is 4.11. The Hall–Kier alpha value is -2.11. The molecule has 1 N–H and O–H groups in total. The molecule has 0 radical (unpaired) electrons. The van der Waals surface area contributed by atoms with Gasteiger partial charge in [-0.25, -0.2) is 4.98 Å². The largest absolute Gasteiger partial charge is 0.337 e. The van der Waals surface area contributed by atoms with Crippen molar-refractivity contribution >= 4 is 11.6 Å². The van der Waals surface area contributed by atoms with Gasteiger partial charge in [0, 0.05) is 42.8 Å². The highest BCUT2D eigenvalue weighted by Crippen LogP contribution is 2.30. The quantitative estimate of drug-likeness (QED) is 0.628. The summed E-state index contributed by atoms with van der Waals surface area (Å²) in [6, 6.07) is 7.88. The number of imidazole rings is 1. The van der Waals surface area contributed by atoms with E-state index in [0.717, 1.165) is 47.9 Å². The molecule has 0 atom stereocenters. The molecule has 2 aromatic heterocycles. The predicted octanol–water partition coefficient (Wildman–Crippen LogP) is 4.33. The Labute approximate surface area is 160 Å². The Morgan fingerprint density at radius 3 is 2.69 bits per heavy atom. The summed E-state index contributed by atoms with van der Waals surface area (Å²) >= 11 is 6.42. The Morgan fingerprint density at radius 1 is 1.19 bits per heavy atom. The number of rotatable bonds is 7. The van der Waals surface area contributed by atoms with Gasteiger partial charge in [0.05, 0.1) is 22.6 Å². The lowest BCUT2D eigenvalue weighted by molar-refractivity contribution is 0.356. The zero-order chi connectivity index (χ0) is 18.6. The molecule has 0 spiro atoms. The first-order valence-corrected chi connectivity index (χ1v) is 9.33. The van der Waals surface area contributed by atoms with Crippen LogP contribution in [-0.4, -0.2) is 25.9 Å². The smallest absolute Gasteiger partial charge is 0.0983 e.